The fourth-order valence-electron chi connectivity index (χ4n) is 8.11. The van der Waals surface area contributed by atoms with E-state index in [-0.39, 0.29) is 23.0 Å². The van der Waals surface area contributed by atoms with Crippen LogP contribution in [-0.4, -0.2) is 76.0 Å². The molecular formula is C36H52ClN3O5S. The summed E-state index contributed by atoms with van der Waals surface area (Å²) in [4.78, 5) is 17.9. The van der Waals surface area contributed by atoms with Crippen molar-refractivity contribution in [1.29, 1.82) is 0 Å². The van der Waals surface area contributed by atoms with E-state index in [9.17, 15) is 18.3 Å². The van der Waals surface area contributed by atoms with Gasteiger partial charge in [0.2, 0.25) is 10.0 Å². The highest BCUT2D eigenvalue weighted by Crippen LogP contribution is 2.51. The molecule has 0 unspecified atom stereocenters. The lowest BCUT2D eigenvalue weighted by Crippen LogP contribution is -2.52. The van der Waals surface area contributed by atoms with Crippen LogP contribution in [0, 0.1) is 17.3 Å². The van der Waals surface area contributed by atoms with Crippen molar-refractivity contribution in [3.63, 3.8) is 0 Å². The number of nitrogens with one attached hydrogen (secondary N) is 1. The number of hydrogen-bond donors (Lipinski definition) is 2. The summed E-state index contributed by atoms with van der Waals surface area (Å²) in [6.45, 7) is 9.67. The van der Waals surface area contributed by atoms with Gasteiger partial charge in [-0.25, -0.2) is 13.1 Å². The Balaban J connectivity index is 1.51. The van der Waals surface area contributed by atoms with Crippen LogP contribution in [0.15, 0.2) is 36.4 Å². The van der Waals surface area contributed by atoms with Gasteiger partial charge in [-0.15, -0.1) is 0 Å². The van der Waals surface area contributed by atoms with Crippen molar-refractivity contribution in [3.8, 4) is 5.75 Å². The van der Waals surface area contributed by atoms with Crippen LogP contribution >= 0.6 is 11.6 Å². The SMILES string of the molecule is CC[C@H](C[C@@](C)(CO)[C@@H]1CC[C@H]1CN1C[C@@]2(CCCc3cc(Cl)ccc32)COc2ccc(C(=O)NS(=O)(=O)C(C)C)cc21)N(C)C. The Hall–Kier alpha value is -2.33. The number of amides is 1. The number of aryl methyl sites for hydroxylation is 1. The van der Waals surface area contributed by atoms with E-state index >= 15 is 0 Å². The van der Waals surface area contributed by atoms with Gasteiger partial charge in [0.15, 0.2) is 0 Å². The largest absolute Gasteiger partial charge is 0.490 e. The average Bonchev–Trinajstić information content (AvgIpc) is 3.14. The highest BCUT2D eigenvalue weighted by Gasteiger charge is 2.48. The zero-order chi connectivity index (χ0) is 33.4. The van der Waals surface area contributed by atoms with Gasteiger partial charge in [0.25, 0.3) is 5.91 Å². The molecule has 2 N–H and O–H groups in total. The van der Waals surface area contributed by atoms with E-state index in [0.29, 0.717) is 36.8 Å². The smallest absolute Gasteiger partial charge is 0.264 e. The third kappa shape index (κ3) is 6.94. The van der Waals surface area contributed by atoms with Gasteiger partial charge in [-0.05, 0) is 132 Å². The zero-order valence-corrected chi connectivity index (χ0v) is 29.9. The fourth-order valence-corrected chi connectivity index (χ4v) is 8.92. The molecule has 10 heteroatoms. The molecule has 1 amide bonds. The lowest BCUT2D eigenvalue weighted by molar-refractivity contribution is -0.0309. The van der Waals surface area contributed by atoms with Gasteiger partial charge < -0.3 is 19.6 Å². The van der Waals surface area contributed by atoms with Gasteiger partial charge in [-0.3, -0.25) is 4.79 Å². The molecule has 2 aromatic rings. The van der Waals surface area contributed by atoms with E-state index in [0.717, 1.165) is 62.2 Å². The minimum atomic E-state index is -3.79. The van der Waals surface area contributed by atoms with Gasteiger partial charge in [-0.1, -0.05) is 31.5 Å². The number of aliphatic hydroxyl groups excluding tert-OH is 1. The summed E-state index contributed by atoms with van der Waals surface area (Å²) in [6.07, 6.45) is 7.07. The van der Waals surface area contributed by atoms with E-state index in [1.165, 1.54) is 11.1 Å². The van der Waals surface area contributed by atoms with Crippen molar-refractivity contribution >= 4 is 33.2 Å². The number of aliphatic hydroxyl groups is 1. The Morgan fingerprint density at radius 3 is 2.61 bits per heavy atom. The Morgan fingerprint density at radius 2 is 1.98 bits per heavy atom. The minimum Gasteiger partial charge on any atom is -0.490 e. The van der Waals surface area contributed by atoms with Gasteiger partial charge in [0, 0.05) is 41.7 Å². The summed E-state index contributed by atoms with van der Waals surface area (Å²) < 4.78 is 34.0. The number of ether oxygens (including phenoxy) is 1. The summed E-state index contributed by atoms with van der Waals surface area (Å²) in [5.41, 5.74) is 3.14. The monoisotopic (exact) mass is 673 g/mol. The quantitative estimate of drug-likeness (QED) is 0.300. The fraction of sp³-hybridized carbons (Fsp3) is 0.639. The maximum atomic E-state index is 13.2. The normalized spacial score (nSPS) is 24.8. The lowest BCUT2D eigenvalue weighted by Gasteiger charge is -2.51. The Morgan fingerprint density at radius 1 is 1.22 bits per heavy atom. The van der Waals surface area contributed by atoms with Crippen LogP contribution in [0.25, 0.3) is 0 Å². The van der Waals surface area contributed by atoms with Crippen LogP contribution in [0.1, 0.15) is 87.7 Å². The van der Waals surface area contributed by atoms with E-state index in [1.807, 2.05) is 12.1 Å². The van der Waals surface area contributed by atoms with Gasteiger partial charge in [0.1, 0.15) is 5.75 Å². The number of hydrogen-bond acceptors (Lipinski definition) is 7. The highest BCUT2D eigenvalue weighted by molar-refractivity contribution is 7.90. The summed E-state index contributed by atoms with van der Waals surface area (Å²) in [7, 11) is 0.448. The number of anilines is 1. The second-order valence-electron chi connectivity index (χ2n) is 14.8. The molecule has 0 bridgehead atoms. The number of benzene rings is 2. The van der Waals surface area contributed by atoms with Crippen LogP contribution in [0.3, 0.4) is 0 Å². The molecule has 5 rings (SSSR count). The summed E-state index contributed by atoms with van der Waals surface area (Å²) in [5.74, 6) is 0.763. The maximum absolute atomic E-state index is 13.2. The second-order valence-corrected chi connectivity index (χ2v) is 17.5. The first-order valence-corrected chi connectivity index (χ1v) is 18.8. The molecule has 1 aliphatic heterocycles. The van der Waals surface area contributed by atoms with Crippen LogP contribution in [0.4, 0.5) is 5.69 Å². The van der Waals surface area contributed by atoms with Crippen molar-refractivity contribution in [2.75, 3.05) is 45.3 Å². The summed E-state index contributed by atoms with van der Waals surface area (Å²) in [5, 5.41) is 10.8. The number of halogens is 1. The standard InChI is InChI=1S/C36H52ClN3O5S/c1-7-29(39(5)6)19-35(4,22-41)30-13-10-27(30)20-40-21-36(16-8-9-25-17-28(37)12-14-31(25)36)23-45-33-15-11-26(18-32(33)40)34(42)38-46(43,44)24(2)3/h11-12,14-15,17-18,24,27,29-30,41H,7-10,13,16,19-23H2,1-6H3,(H,38,42)/t27-,29+,30+,35-,36-/m0/s1. The molecule has 3 aliphatic rings. The van der Waals surface area contributed by atoms with Gasteiger partial charge >= 0.3 is 0 Å². The topological polar surface area (TPSA) is 99.2 Å². The first-order chi connectivity index (χ1) is 21.7. The number of nitrogens with zero attached hydrogens (tertiary/aromatic N) is 2. The number of fused-ring (bicyclic) bond motifs is 3. The maximum Gasteiger partial charge on any atom is 0.264 e. The van der Waals surface area contributed by atoms with Crippen molar-refractivity contribution in [1.82, 2.24) is 9.62 Å². The zero-order valence-electron chi connectivity index (χ0n) is 28.3. The van der Waals surface area contributed by atoms with Crippen molar-refractivity contribution in [3.05, 3.63) is 58.1 Å². The highest BCUT2D eigenvalue weighted by atomic mass is 35.5. The third-order valence-corrected chi connectivity index (χ3v) is 13.1. The summed E-state index contributed by atoms with van der Waals surface area (Å²) in [6, 6.07) is 11.9. The molecule has 0 radical (unpaired) electrons. The molecule has 5 atom stereocenters. The van der Waals surface area contributed by atoms with Crippen molar-refractivity contribution in [2.45, 2.75) is 89.3 Å². The predicted molar refractivity (Wildman–Crippen MR) is 186 cm³/mol. The third-order valence-electron chi connectivity index (χ3n) is 11.2. The lowest BCUT2D eigenvalue weighted by atomic mass is 9.58. The number of carbonyl (C=O) groups is 1. The molecule has 1 spiro atoms. The van der Waals surface area contributed by atoms with Crippen LogP contribution in [0.5, 0.6) is 5.75 Å². The first kappa shape index (κ1) is 35.0. The molecule has 0 aromatic heterocycles. The Labute approximate surface area is 280 Å². The molecule has 8 nitrogen and oxygen atoms in total. The first-order valence-electron chi connectivity index (χ1n) is 16.9. The molecule has 0 saturated heterocycles. The van der Waals surface area contributed by atoms with Gasteiger partial charge in [-0.2, -0.15) is 0 Å². The molecule has 1 fully saturated rings. The van der Waals surface area contributed by atoms with Crippen molar-refractivity contribution < 1.29 is 23.1 Å². The molecule has 1 heterocycles. The van der Waals surface area contributed by atoms with Crippen molar-refractivity contribution in [2.24, 2.45) is 17.3 Å². The number of rotatable bonds is 11. The number of carbonyl (C=O) groups excluding carboxylic acids is 1. The Bertz CT molecular complexity index is 1530. The minimum absolute atomic E-state index is 0.144. The molecular weight excluding hydrogens is 622 g/mol. The van der Waals surface area contributed by atoms with Crippen LogP contribution < -0.4 is 14.4 Å². The van der Waals surface area contributed by atoms with E-state index in [4.69, 9.17) is 16.3 Å². The predicted octanol–water partition coefficient (Wildman–Crippen LogP) is 6.04. The summed E-state index contributed by atoms with van der Waals surface area (Å²) >= 11 is 6.44. The molecule has 2 aliphatic carbocycles. The second kappa shape index (κ2) is 13.7. The Kier molecular flexibility index (Phi) is 10.4. The molecule has 2 aromatic carbocycles. The molecule has 1 saturated carbocycles. The van der Waals surface area contributed by atoms with E-state index in [1.54, 1.807) is 26.0 Å². The molecule has 46 heavy (non-hydrogen) atoms. The van der Waals surface area contributed by atoms with Crippen LogP contribution in [-0.2, 0) is 21.9 Å². The van der Waals surface area contributed by atoms with Crippen LogP contribution in [0.2, 0.25) is 5.02 Å². The number of sulfonamides is 1. The molecule has 254 valence electrons. The van der Waals surface area contributed by atoms with E-state index < -0.39 is 21.2 Å². The van der Waals surface area contributed by atoms with Gasteiger partial charge in [0.05, 0.1) is 17.5 Å². The average molecular weight is 674 g/mol. The van der Waals surface area contributed by atoms with E-state index in [2.05, 4.69) is 54.6 Å².